The van der Waals surface area contributed by atoms with E-state index in [1.54, 1.807) is 0 Å². The molecule has 200 valence electrons. The Morgan fingerprint density at radius 3 is 2.47 bits per heavy atom. The normalized spacial score (nSPS) is 15.5. The molecule has 2 aromatic carbocycles. The van der Waals surface area contributed by atoms with Crippen LogP contribution in [0, 0.1) is 33.6 Å². The van der Waals surface area contributed by atoms with Crippen molar-refractivity contribution in [1.82, 2.24) is 19.7 Å². The minimum Gasteiger partial charge on any atom is -0.494 e. The first kappa shape index (κ1) is 26.6. The number of amides is 1. The molecular weight excluding hydrogens is 519 g/mol. The van der Waals surface area contributed by atoms with E-state index in [0.717, 1.165) is 79.5 Å². The van der Waals surface area contributed by atoms with Gasteiger partial charge in [0.2, 0.25) is 0 Å². The van der Waals surface area contributed by atoms with Crippen molar-refractivity contribution < 1.29 is 9.53 Å². The van der Waals surface area contributed by atoms with Gasteiger partial charge in [0, 0.05) is 47.4 Å². The highest BCUT2D eigenvalue weighted by atomic mass is 35.5. The lowest BCUT2D eigenvalue weighted by molar-refractivity contribution is 0.0948. The quantitative estimate of drug-likeness (QED) is 0.262. The second-order valence-electron chi connectivity index (χ2n) is 10.6. The SMILES string of the molecule is Cc1cc(OCCCc2c3n(c4c(-c5c(C)nn(C)c5C)c(Cl)ccc24)CC(C)CNC3=O)cc(C)c1Cl. The lowest BCUT2D eigenvalue weighted by Gasteiger charge is -2.14. The van der Waals surface area contributed by atoms with Gasteiger partial charge in [0.25, 0.3) is 5.91 Å². The Morgan fingerprint density at radius 1 is 1.11 bits per heavy atom. The highest BCUT2D eigenvalue weighted by Gasteiger charge is 2.30. The van der Waals surface area contributed by atoms with E-state index in [9.17, 15) is 4.79 Å². The molecule has 0 aliphatic carbocycles. The molecule has 0 radical (unpaired) electrons. The molecule has 2 aromatic heterocycles. The maximum absolute atomic E-state index is 13.4. The molecule has 0 bridgehead atoms. The fourth-order valence-electron chi connectivity index (χ4n) is 5.72. The third-order valence-electron chi connectivity index (χ3n) is 7.61. The third-order valence-corrected chi connectivity index (χ3v) is 8.52. The number of benzene rings is 2. The summed E-state index contributed by atoms with van der Waals surface area (Å²) in [6, 6.07) is 7.95. The van der Waals surface area contributed by atoms with Crippen molar-refractivity contribution in [3.05, 3.63) is 68.1 Å². The molecular formula is C30H34Cl2N4O2. The maximum Gasteiger partial charge on any atom is 0.268 e. The Morgan fingerprint density at radius 2 is 1.82 bits per heavy atom. The molecule has 5 rings (SSSR count). The summed E-state index contributed by atoms with van der Waals surface area (Å²) in [6.07, 6.45) is 1.47. The molecule has 0 fully saturated rings. The summed E-state index contributed by atoms with van der Waals surface area (Å²) in [5, 5.41) is 10.3. The van der Waals surface area contributed by atoms with Crippen LogP contribution in [-0.2, 0) is 20.0 Å². The fourth-order valence-corrected chi connectivity index (χ4v) is 6.07. The number of fused-ring (bicyclic) bond motifs is 3. The van der Waals surface area contributed by atoms with Gasteiger partial charge in [0.05, 0.1) is 22.8 Å². The number of carbonyl (C=O) groups is 1. The van der Waals surface area contributed by atoms with Gasteiger partial charge in [-0.05, 0) is 81.3 Å². The Balaban J connectivity index is 1.58. The Labute approximate surface area is 233 Å². The summed E-state index contributed by atoms with van der Waals surface area (Å²) in [6.45, 7) is 12.1. The van der Waals surface area contributed by atoms with Crippen LogP contribution in [-0.4, -0.2) is 33.4 Å². The number of hydrogen-bond donors (Lipinski definition) is 1. The second-order valence-corrected chi connectivity index (χ2v) is 11.3. The van der Waals surface area contributed by atoms with Crippen molar-refractivity contribution >= 4 is 40.0 Å². The summed E-state index contributed by atoms with van der Waals surface area (Å²) < 4.78 is 10.2. The van der Waals surface area contributed by atoms with E-state index in [-0.39, 0.29) is 11.8 Å². The second kappa shape index (κ2) is 10.3. The molecule has 1 aliphatic heterocycles. The molecule has 1 amide bonds. The van der Waals surface area contributed by atoms with Crippen molar-refractivity contribution in [3.8, 4) is 16.9 Å². The zero-order valence-electron chi connectivity index (χ0n) is 22.8. The average Bonchev–Trinajstić information content (AvgIpc) is 3.24. The van der Waals surface area contributed by atoms with Crippen LogP contribution in [0.5, 0.6) is 5.75 Å². The predicted octanol–water partition coefficient (Wildman–Crippen LogP) is 6.97. The summed E-state index contributed by atoms with van der Waals surface area (Å²) in [7, 11) is 1.95. The van der Waals surface area contributed by atoms with Crippen molar-refractivity contribution in [1.29, 1.82) is 0 Å². The van der Waals surface area contributed by atoms with Crippen molar-refractivity contribution in [3.63, 3.8) is 0 Å². The van der Waals surface area contributed by atoms with Gasteiger partial charge in [-0.3, -0.25) is 9.48 Å². The zero-order valence-corrected chi connectivity index (χ0v) is 24.3. The molecule has 1 N–H and O–H groups in total. The Kier molecular flexibility index (Phi) is 7.23. The molecule has 1 atom stereocenters. The first-order valence-corrected chi connectivity index (χ1v) is 13.9. The van der Waals surface area contributed by atoms with E-state index >= 15 is 0 Å². The van der Waals surface area contributed by atoms with Crippen molar-refractivity contribution in [2.24, 2.45) is 13.0 Å². The molecule has 4 aromatic rings. The minimum absolute atomic E-state index is 0.0351. The van der Waals surface area contributed by atoms with Gasteiger partial charge >= 0.3 is 0 Å². The number of nitrogens with one attached hydrogen (secondary N) is 1. The van der Waals surface area contributed by atoms with Crippen LogP contribution in [0.25, 0.3) is 22.0 Å². The van der Waals surface area contributed by atoms with Crippen LogP contribution < -0.4 is 10.1 Å². The van der Waals surface area contributed by atoms with Gasteiger partial charge in [0.15, 0.2) is 0 Å². The number of halogens is 2. The van der Waals surface area contributed by atoms with Crippen molar-refractivity contribution in [2.75, 3.05) is 13.2 Å². The number of aromatic nitrogens is 3. The topological polar surface area (TPSA) is 61.1 Å². The zero-order chi connectivity index (χ0) is 27.3. The lowest BCUT2D eigenvalue weighted by atomic mass is 9.98. The summed E-state index contributed by atoms with van der Waals surface area (Å²) in [5.74, 6) is 1.06. The first-order valence-electron chi connectivity index (χ1n) is 13.1. The smallest absolute Gasteiger partial charge is 0.268 e. The largest absolute Gasteiger partial charge is 0.494 e. The van der Waals surface area contributed by atoms with E-state index in [1.807, 2.05) is 50.7 Å². The van der Waals surface area contributed by atoms with Crippen LogP contribution in [0.3, 0.4) is 0 Å². The van der Waals surface area contributed by atoms with Gasteiger partial charge in [0.1, 0.15) is 11.4 Å². The van der Waals surface area contributed by atoms with Gasteiger partial charge < -0.3 is 14.6 Å². The highest BCUT2D eigenvalue weighted by Crippen LogP contribution is 2.42. The molecule has 1 unspecified atom stereocenters. The summed E-state index contributed by atoms with van der Waals surface area (Å²) >= 11 is 13.2. The monoisotopic (exact) mass is 552 g/mol. The van der Waals surface area contributed by atoms with Crippen LogP contribution in [0.2, 0.25) is 10.0 Å². The summed E-state index contributed by atoms with van der Waals surface area (Å²) in [4.78, 5) is 13.4. The van der Waals surface area contributed by atoms with Crippen molar-refractivity contribution in [2.45, 2.75) is 54.0 Å². The van der Waals surface area contributed by atoms with E-state index < -0.39 is 0 Å². The predicted molar refractivity (Wildman–Crippen MR) is 155 cm³/mol. The van der Waals surface area contributed by atoms with Crippen LogP contribution in [0.4, 0.5) is 0 Å². The minimum atomic E-state index is -0.0351. The number of rotatable bonds is 6. The molecule has 6 nitrogen and oxygen atoms in total. The third kappa shape index (κ3) is 4.58. The van der Waals surface area contributed by atoms with Gasteiger partial charge in [-0.2, -0.15) is 5.10 Å². The number of ether oxygens (including phenoxy) is 1. The first-order chi connectivity index (χ1) is 18.1. The fraction of sp³-hybridized carbons (Fsp3) is 0.400. The number of carbonyl (C=O) groups excluding carboxylic acids is 1. The number of nitrogens with zero attached hydrogens (tertiary/aromatic N) is 3. The summed E-state index contributed by atoms with van der Waals surface area (Å²) in [5.41, 5.74) is 8.72. The molecule has 0 saturated heterocycles. The van der Waals surface area contributed by atoms with E-state index in [4.69, 9.17) is 27.9 Å². The van der Waals surface area contributed by atoms with Crippen LogP contribution in [0.1, 0.15) is 51.9 Å². The Bertz CT molecular complexity index is 1540. The van der Waals surface area contributed by atoms with Gasteiger partial charge in [-0.15, -0.1) is 0 Å². The Hall–Kier alpha value is -2.96. The van der Waals surface area contributed by atoms with Crippen LogP contribution in [0.15, 0.2) is 24.3 Å². The molecule has 3 heterocycles. The van der Waals surface area contributed by atoms with E-state index in [2.05, 4.69) is 34.9 Å². The standard InChI is InChI=1S/C30H34Cl2N4O2/c1-16-14-33-30(37)29-22(8-7-11-38-21-12-17(2)27(32)18(3)13-21)23-9-10-24(31)26(28(23)36(29)15-16)25-19(4)34-35(6)20(25)5/h9-10,12-13,16H,7-8,11,14-15H2,1-6H3,(H,33,37). The lowest BCUT2D eigenvalue weighted by Crippen LogP contribution is -2.26. The average molecular weight is 554 g/mol. The number of aryl methyl sites for hydroxylation is 5. The molecule has 0 spiro atoms. The van der Waals surface area contributed by atoms with Crippen LogP contribution >= 0.6 is 23.2 Å². The maximum atomic E-state index is 13.4. The molecule has 1 aliphatic rings. The highest BCUT2D eigenvalue weighted by molar-refractivity contribution is 6.35. The molecule has 8 heteroatoms. The number of hydrogen-bond acceptors (Lipinski definition) is 3. The van der Waals surface area contributed by atoms with E-state index in [1.165, 1.54) is 0 Å². The molecule has 38 heavy (non-hydrogen) atoms. The van der Waals surface area contributed by atoms with E-state index in [0.29, 0.717) is 24.6 Å². The van der Waals surface area contributed by atoms with Gasteiger partial charge in [-0.25, -0.2) is 0 Å². The van der Waals surface area contributed by atoms with Gasteiger partial charge in [-0.1, -0.05) is 36.2 Å². The molecule has 0 saturated carbocycles.